The second kappa shape index (κ2) is 21.6. The summed E-state index contributed by atoms with van der Waals surface area (Å²) in [4.78, 5) is 9.87. The van der Waals surface area contributed by atoms with Gasteiger partial charge >= 0.3 is 26.2 Å². The molecule has 0 aromatic rings. The molecule has 1 aliphatic carbocycles. The Hall–Kier alpha value is 0.630. The second-order valence-electron chi connectivity index (χ2n) is 4.90. The fourth-order valence-corrected chi connectivity index (χ4v) is 1.50. The van der Waals surface area contributed by atoms with E-state index >= 15 is 0 Å². The van der Waals surface area contributed by atoms with Crippen molar-refractivity contribution in [3.63, 3.8) is 0 Å². The first kappa shape index (κ1) is 34.1. The topological polar surface area (TPSA) is 40.9 Å². The van der Waals surface area contributed by atoms with Crippen LogP contribution >= 0.6 is 0 Å². The Labute approximate surface area is 171 Å². The number of carbonyl (C=O) groups excluding carboxylic acids is 1. The van der Waals surface area contributed by atoms with Gasteiger partial charge in [-0.15, -0.1) is 6.92 Å². The normalized spacial score (nSPS) is 14.7. The van der Waals surface area contributed by atoms with Crippen LogP contribution in [0.5, 0.6) is 0 Å². The van der Waals surface area contributed by atoms with Crippen LogP contribution in [0.1, 0.15) is 53.9 Å². The van der Waals surface area contributed by atoms with Crippen LogP contribution < -0.4 is 24.8 Å². The van der Waals surface area contributed by atoms with Crippen molar-refractivity contribution >= 4 is 15.4 Å². The van der Waals surface area contributed by atoms with Gasteiger partial charge in [0, 0.05) is 15.4 Å². The number of hydrogen-bond acceptors (Lipinski definition) is 1. The summed E-state index contributed by atoms with van der Waals surface area (Å²) in [5.41, 5.74) is 10.7. The smallest absolute Gasteiger partial charge is 1.00 e. The van der Waals surface area contributed by atoms with E-state index in [-0.39, 0.29) is 51.0 Å². The third kappa shape index (κ3) is 18.7. The Morgan fingerprint density at radius 2 is 1.64 bits per heavy atom. The molecule has 1 rings (SSSR count). The fraction of sp³-hybridized carbons (Fsp3) is 0.688. The predicted molar refractivity (Wildman–Crippen MR) is 87.7 cm³/mol. The van der Waals surface area contributed by atoms with Crippen LogP contribution in [0.15, 0.2) is 16.7 Å². The molecule has 0 aliphatic heterocycles. The molecule has 1 radical (unpaired) electrons. The Morgan fingerprint density at radius 1 is 1.23 bits per heavy atom. The number of allylic oxidation sites excluding steroid dienone is 4. The van der Waals surface area contributed by atoms with Crippen molar-refractivity contribution in [3.05, 3.63) is 28.5 Å². The van der Waals surface area contributed by atoms with Crippen LogP contribution in [0.2, 0.25) is 13.1 Å². The van der Waals surface area contributed by atoms with Crippen molar-refractivity contribution in [1.29, 1.82) is 0 Å². The molecule has 2 nitrogen and oxygen atoms in total. The van der Waals surface area contributed by atoms with Gasteiger partial charge in [-0.2, -0.15) is 11.1 Å². The van der Waals surface area contributed by atoms with Crippen LogP contribution in [-0.2, 0) is 31.0 Å². The number of halogens is 2. The Balaban J connectivity index is -0.0000000679. The van der Waals surface area contributed by atoms with Crippen molar-refractivity contribution in [2.45, 2.75) is 67.0 Å². The summed E-state index contributed by atoms with van der Waals surface area (Å²) in [5, 5.41) is 0. The van der Waals surface area contributed by atoms with Crippen molar-refractivity contribution in [1.82, 2.24) is 0 Å². The zero-order chi connectivity index (χ0) is 15.4. The van der Waals surface area contributed by atoms with E-state index in [0.717, 1.165) is 22.4 Å². The first-order chi connectivity index (χ1) is 8.81. The summed E-state index contributed by atoms with van der Waals surface area (Å²) in [6, 6.07) is 0. The third-order valence-electron chi connectivity index (χ3n) is 2.99. The molecule has 1 amide bonds. The van der Waals surface area contributed by atoms with E-state index in [1.165, 1.54) is 16.7 Å². The average molecular weight is 443 g/mol. The molecule has 6 heteroatoms. The summed E-state index contributed by atoms with van der Waals surface area (Å²) in [6.07, 6.45) is 5.65. The molecule has 0 aromatic heterocycles. The number of nitrogens with one attached hydrogen (secondary N) is 1. The summed E-state index contributed by atoms with van der Waals surface area (Å²) < 4.78 is 0. The van der Waals surface area contributed by atoms with Crippen LogP contribution in [-0.4, -0.2) is 15.4 Å². The molecule has 0 bridgehead atoms. The van der Waals surface area contributed by atoms with Gasteiger partial charge in [0.2, 0.25) is 0 Å². The van der Waals surface area contributed by atoms with E-state index in [9.17, 15) is 4.79 Å². The number of hydrogen-bond donors (Lipinski definition) is 0. The fourth-order valence-electron chi connectivity index (χ4n) is 1.50. The first-order valence-corrected chi connectivity index (χ1v) is 9.38. The van der Waals surface area contributed by atoms with E-state index in [1.807, 2.05) is 6.92 Å². The van der Waals surface area contributed by atoms with Gasteiger partial charge < -0.3 is 35.3 Å². The molecule has 0 saturated carbocycles. The maximum atomic E-state index is 9.87. The molecule has 0 saturated heterocycles. The van der Waals surface area contributed by atoms with Gasteiger partial charge in [-0.25, -0.2) is 5.57 Å². The van der Waals surface area contributed by atoms with E-state index in [4.69, 9.17) is 5.73 Å². The molecular formula is C16H30Cl2NOSiZr. The molecular weight excluding hydrogens is 412 g/mol. The summed E-state index contributed by atoms with van der Waals surface area (Å²) in [7, 11) is 0.750. The SMILES string of the molecule is CC1=[C-]C(C)C(C)=C1C.CCCCC([NH-])=O.C[SiH]C.[Cl-].[Cl-].[Zr+4]. The Morgan fingerprint density at radius 3 is 1.73 bits per heavy atom. The average Bonchev–Trinajstić information content (AvgIpc) is 2.55. The largest absolute Gasteiger partial charge is 4.00 e. The third-order valence-corrected chi connectivity index (χ3v) is 2.99. The van der Waals surface area contributed by atoms with Gasteiger partial charge in [0.05, 0.1) is 0 Å². The van der Waals surface area contributed by atoms with Gasteiger partial charge in [0.15, 0.2) is 0 Å². The van der Waals surface area contributed by atoms with Crippen LogP contribution in [0.25, 0.3) is 5.73 Å². The molecule has 1 unspecified atom stereocenters. The van der Waals surface area contributed by atoms with Crippen LogP contribution in [0.4, 0.5) is 0 Å². The number of carbonyl (C=O) groups is 1. The van der Waals surface area contributed by atoms with Crippen LogP contribution in [0.3, 0.4) is 0 Å². The molecule has 22 heavy (non-hydrogen) atoms. The molecule has 0 spiro atoms. The van der Waals surface area contributed by atoms with Gasteiger partial charge in [-0.3, -0.25) is 6.08 Å². The Bertz CT molecular complexity index is 334. The molecule has 0 heterocycles. The van der Waals surface area contributed by atoms with E-state index < -0.39 is 5.91 Å². The number of unbranched alkanes of at least 4 members (excludes halogenated alkanes) is 1. The molecule has 1 atom stereocenters. The van der Waals surface area contributed by atoms with E-state index in [0.29, 0.717) is 12.3 Å². The Kier molecular flexibility index (Phi) is 33.5. The minimum Gasteiger partial charge on any atom is -1.00 e. The molecule has 1 N–H and O–H groups in total. The van der Waals surface area contributed by atoms with E-state index in [1.54, 1.807) is 0 Å². The second-order valence-corrected chi connectivity index (χ2v) is 6.06. The van der Waals surface area contributed by atoms with Crippen molar-refractivity contribution in [2.75, 3.05) is 0 Å². The maximum Gasteiger partial charge on any atom is 4.00 e. The summed E-state index contributed by atoms with van der Waals surface area (Å²) in [6.45, 7) is 15.1. The van der Waals surface area contributed by atoms with Gasteiger partial charge in [-0.1, -0.05) is 53.1 Å². The van der Waals surface area contributed by atoms with Crippen molar-refractivity contribution in [2.24, 2.45) is 5.92 Å². The molecule has 127 valence electrons. The van der Waals surface area contributed by atoms with Gasteiger partial charge in [0.1, 0.15) is 0 Å². The van der Waals surface area contributed by atoms with Gasteiger partial charge in [0.25, 0.3) is 0 Å². The summed E-state index contributed by atoms with van der Waals surface area (Å²) >= 11 is 0. The quantitative estimate of drug-likeness (QED) is 0.409. The minimum atomic E-state index is -0.443. The predicted octanol–water partition coefficient (Wildman–Crippen LogP) is -0.998. The zero-order valence-corrected chi connectivity index (χ0v) is 20.1. The van der Waals surface area contributed by atoms with Gasteiger partial charge in [-0.05, 0) is 12.8 Å². The first-order valence-electron chi connectivity index (χ1n) is 7.07. The van der Waals surface area contributed by atoms with Crippen LogP contribution in [0, 0.1) is 12.0 Å². The minimum absolute atomic E-state index is 0. The molecule has 1 aliphatic rings. The molecule has 0 aromatic carbocycles. The monoisotopic (exact) mass is 440 g/mol. The standard InChI is InChI=1S/C9H13.C5H11NO.C2H7Si.2ClH.Zr/c1-6-5-7(2)9(4)8(6)3;1-2-3-4-5(6)7;1-3-2;;;/h6H,1-4H3;2-4H2,1H3,(H2,6,7);3H,1-2H3;2*1H;/q-1;;;;;+4/p-3. The number of rotatable bonds is 3. The zero-order valence-electron chi connectivity index (χ0n) is 14.9. The van der Waals surface area contributed by atoms with E-state index in [2.05, 4.69) is 46.9 Å². The van der Waals surface area contributed by atoms with Crippen molar-refractivity contribution < 1.29 is 55.8 Å². The maximum absolute atomic E-state index is 9.87. The number of amides is 1. The molecule has 0 fully saturated rings. The summed E-state index contributed by atoms with van der Waals surface area (Å²) in [5.74, 6) is 0.117. The van der Waals surface area contributed by atoms with Crippen molar-refractivity contribution in [3.8, 4) is 0 Å².